The molecule has 7 rings (SSSR count). The summed E-state index contributed by atoms with van der Waals surface area (Å²) in [7, 11) is 0. The third kappa shape index (κ3) is 6.54. The van der Waals surface area contributed by atoms with E-state index in [9.17, 15) is 0 Å². The molecular weight excluding hydrogens is 631 g/mol. The Hall–Kier alpha value is -6.19. The van der Waals surface area contributed by atoms with Crippen molar-refractivity contribution in [2.24, 2.45) is 0 Å². The highest BCUT2D eigenvalue weighted by atomic mass is 15.0. The second-order valence-corrected chi connectivity index (χ2v) is 13.6. The maximum atomic E-state index is 5.26. The van der Waals surface area contributed by atoms with Crippen molar-refractivity contribution >= 4 is 16.7 Å². The van der Waals surface area contributed by atoms with Crippen molar-refractivity contribution in [3.8, 4) is 45.3 Å². The normalized spacial score (nSPS) is 14.2. The molecule has 5 aromatic carbocycles. The Bertz CT molecular complexity index is 2410. The fourth-order valence-electron chi connectivity index (χ4n) is 7.41. The fraction of sp³-hybridized carbons (Fsp3) is 0.122. The first kappa shape index (κ1) is 34.3. The van der Waals surface area contributed by atoms with Gasteiger partial charge in [-0.05, 0) is 88.6 Å². The van der Waals surface area contributed by atoms with Crippen LogP contribution < -0.4 is 0 Å². The Morgan fingerprint density at radius 2 is 1.13 bits per heavy atom. The van der Waals surface area contributed by atoms with E-state index in [0.717, 1.165) is 50.1 Å². The third-order valence-corrected chi connectivity index (χ3v) is 10.0. The summed E-state index contributed by atoms with van der Waals surface area (Å²) in [5.41, 5.74) is 14.3. The van der Waals surface area contributed by atoms with Gasteiger partial charge in [0.1, 0.15) is 0 Å². The molecule has 0 aliphatic heterocycles. The zero-order valence-electron chi connectivity index (χ0n) is 30.6. The van der Waals surface area contributed by atoms with Gasteiger partial charge in [-0.3, -0.25) is 0 Å². The molecule has 0 N–H and O–H groups in total. The van der Waals surface area contributed by atoms with E-state index in [4.69, 9.17) is 15.0 Å². The monoisotopic (exact) mass is 673 g/mol. The maximum Gasteiger partial charge on any atom is 0.164 e. The number of hydrogen-bond acceptors (Lipinski definition) is 3. The molecule has 1 aliphatic carbocycles. The highest BCUT2D eigenvalue weighted by Crippen LogP contribution is 2.51. The largest absolute Gasteiger partial charge is 0.208 e. The zero-order valence-corrected chi connectivity index (χ0v) is 30.6. The number of fused-ring (bicyclic) bond motifs is 1. The Morgan fingerprint density at radius 1 is 0.577 bits per heavy atom. The first-order valence-electron chi connectivity index (χ1n) is 17.9. The van der Waals surface area contributed by atoms with Crippen LogP contribution in [0, 0.1) is 0 Å². The molecule has 0 saturated heterocycles. The van der Waals surface area contributed by atoms with Crippen LogP contribution in [0.2, 0.25) is 0 Å². The summed E-state index contributed by atoms with van der Waals surface area (Å²) < 4.78 is 0. The molecule has 0 amide bonds. The lowest BCUT2D eigenvalue weighted by Crippen LogP contribution is -2.18. The van der Waals surface area contributed by atoms with E-state index in [1.807, 2.05) is 25.1 Å². The van der Waals surface area contributed by atoms with E-state index in [0.29, 0.717) is 17.5 Å². The van der Waals surface area contributed by atoms with Gasteiger partial charge in [-0.15, -0.1) is 0 Å². The molecular formula is C49H43N3. The Balaban J connectivity index is 1.41. The van der Waals surface area contributed by atoms with Gasteiger partial charge in [0.25, 0.3) is 0 Å². The molecule has 0 saturated carbocycles. The van der Waals surface area contributed by atoms with Gasteiger partial charge < -0.3 is 0 Å². The molecule has 254 valence electrons. The van der Waals surface area contributed by atoms with E-state index in [2.05, 4.69) is 174 Å². The van der Waals surface area contributed by atoms with Gasteiger partial charge in [0.05, 0.1) is 0 Å². The van der Waals surface area contributed by atoms with Crippen LogP contribution in [0.5, 0.6) is 0 Å². The van der Waals surface area contributed by atoms with Gasteiger partial charge in [0.15, 0.2) is 17.5 Å². The van der Waals surface area contributed by atoms with Crippen molar-refractivity contribution in [1.82, 2.24) is 15.0 Å². The molecule has 1 aromatic heterocycles. The van der Waals surface area contributed by atoms with Crippen LogP contribution in [-0.2, 0) is 5.41 Å². The van der Waals surface area contributed by atoms with E-state index < -0.39 is 0 Å². The summed E-state index contributed by atoms with van der Waals surface area (Å²) in [6, 6.07) is 44.4. The maximum absolute atomic E-state index is 5.26. The zero-order chi connectivity index (χ0) is 36.2. The molecule has 6 aromatic rings. The molecule has 1 heterocycles. The summed E-state index contributed by atoms with van der Waals surface area (Å²) in [6.45, 7) is 15.1. The molecule has 52 heavy (non-hydrogen) atoms. The predicted molar refractivity (Wildman–Crippen MR) is 220 cm³/mol. The van der Waals surface area contributed by atoms with Gasteiger partial charge in [-0.1, -0.05) is 166 Å². The second kappa shape index (κ2) is 14.6. The molecule has 1 aliphatic rings. The average Bonchev–Trinajstić information content (AvgIpc) is 3.39. The second-order valence-electron chi connectivity index (χ2n) is 13.6. The third-order valence-electron chi connectivity index (χ3n) is 10.0. The first-order valence-corrected chi connectivity index (χ1v) is 17.9. The van der Waals surface area contributed by atoms with Gasteiger partial charge in [-0.2, -0.15) is 0 Å². The molecule has 0 bridgehead atoms. The number of hydrogen-bond donors (Lipinski definition) is 0. The van der Waals surface area contributed by atoms with Crippen LogP contribution in [0.4, 0.5) is 0 Å². The molecule has 0 spiro atoms. The summed E-state index contributed by atoms with van der Waals surface area (Å²) in [5, 5.41) is 0. The SMILES string of the molecule is C=C/C(=C\C1=C(C)c2cccc(-c3nc(-c4cccc(C(/C=C\C)=C/C)c4)nc(-c4cccc(-c5ccccc5)c4)n3)c2C1(C)C)c1ccccc1. The molecule has 3 heteroatoms. The summed E-state index contributed by atoms with van der Waals surface area (Å²) in [4.78, 5) is 15.7. The number of nitrogens with zero attached hydrogens (tertiary/aromatic N) is 3. The average molecular weight is 674 g/mol. The Morgan fingerprint density at radius 3 is 1.81 bits per heavy atom. The summed E-state index contributed by atoms with van der Waals surface area (Å²) >= 11 is 0. The lowest BCUT2D eigenvalue weighted by Gasteiger charge is -2.26. The quantitative estimate of drug-likeness (QED) is 0.143. The van der Waals surface area contributed by atoms with E-state index in [1.54, 1.807) is 0 Å². The van der Waals surface area contributed by atoms with Gasteiger partial charge >= 0.3 is 0 Å². The van der Waals surface area contributed by atoms with Crippen molar-refractivity contribution in [3.05, 3.63) is 192 Å². The highest BCUT2D eigenvalue weighted by molar-refractivity contribution is 5.90. The van der Waals surface area contributed by atoms with Crippen LogP contribution in [0.15, 0.2) is 170 Å². The van der Waals surface area contributed by atoms with Gasteiger partial charge in [0, 0.05) is 22.1 Å². The van der Waals surface area contributed by atoms with Crippen molar-refractivity contribution in [3.63, 3.8) is 0 Å². The molecule has 0 fully saturated rings. The number of allylic oxidation sites excluding steroid dienone is 9. The molecule has 0 atom stereocenters. The fourth-order valence-corrected chi connectivity index (χ4v) is 7.41. The van der Waals surface area contributed by atoms with Crippen LogP contribution in [0.3, 0.4) is 0 Å². The minimum Gasteiger partial charge on any atom is -0.208 e. The number of benzene rings is 5. The van der Waals surface area contributed by atoms with Crippen molar-refractivity contribution in [1.29, 1.82) is 0 Å². The van der Waals surface area contributed by atoms with Crippen LogP contribution in [-0.4, -0.2) is 15.0 Å². The smallest absolute Gasteiger partial charge is 0.164 e. The first-order chi connectivity index (χ1) is 25.3. The lowest BCUT2D eigenvalue weighted by atomic mass is 9.78. The Kier molecular flexibility index (Phi) is 9.61. The molecule has 3 nitrogen and oxygen atoms in total. The van der Waals surface area contributed by atoms with Crippen molar-refractivity contribution < 1.29 is 0 Å². The summed E-state index contributed by atoms with van der Waals surface area (Å²) in [6.07, 6.45) is 10.6. The van der Waals surface area contributed by atoms with Gasteiger partial charge in [-0.25, -0.2) is 15.0 Å². The van der Waals surface area contributed by atoms with E-state index in [-0.39, 0.29) is 5.41 Å². The summed E-state index contributed by atoms with van der Waals surface area (Å²) in [5.74, 6) is 1.93. The molecule has 0 unspecified atom stereocenters. The number of aromatic nitrogens is 3. The molecule has 0 radical (unpaired) electrons. The Labute approximate surface area is 308 Å². The topological polar surface area (TPSA) is 38.7 Å². The van der Waals surface area contributed by atoms with Crippen molar-refractivity contribution in [2.75, 3.05) is 0 Å². The van der Waals surface area contributed by atoms with Crippen LogP contribution in [0.25, 0.3) is 62.0 Å². The van der Waals surface area contributed by atoms with Crippen LogP contribution >= 0.6 is 0 Å². The van der Waals surface area contributed by atoms with Crippen molar-refractivity contribution in [2.45, 2.75) is 40.0 Å². The minimum atomic E-state index is -0.327. The van der Waals surface area contributed by atoms with E-state index in [1.165, 1.54) is 22.3 Å². The van der Waals surface area contributed by atoms with Gasteiger partial charge in [0.2, 0.25) is 0 Å². The van der Waals surface area contributed by atoms with E-state index >= 15 is 0 Å². The van der Waals surface area contributed by atoms with Crippen LogP contribution in [0.1, 0.15) is 56.9 Å². The number of rotatable bonds is 9. The minimum absolute atomic E-state index is 0.327. The lowest BCUT2D eigenvalue weighted by molar-refractivity contribution is 0.655. The standard InChI is InChI=1S/C49H43N3/c1-7-19-34(8-2)38-24-16-26-40(30-38)46-50-47(41-27-17-25-39(31-41)37-22-14-11-15-23-37)52-48(51-46)43-29-18-28-42-33(4)44(49(5,6)45(42)43)32-35(9-3)36-20-12-10-13-21-36/h7-32H,3H2,1-2,4-6H3/b19-7-,34-8+,35-32+. The predicted octanol–water partition coefficient (Wildman–Crippen LogP) is 12.9. The highest BCUT2D eigenvalue weighted by Gasteiger charge is 2.38.